The fourth-order valence-electron chi connectivity index (χ4n) is 3.88. The molecule has 1 saturated carbocycles. The van der Waals surface area contributed by atoms with Gasteiger partial charge in [0.1, 0.15) is 11.3 Å². The third kappa shape index (κ3) is 2.72. The molecule has 0 radical (unpaired) electrons. The normalized spacial score (nSPS) is 18.8. The van der Waals surface area contributed by atoms with Crippen molar-refractivity contribution in [3.05, 3.63) is 29.7 Å². The highest BCUT2D eigenvalue weighted by atomic mass is 16.5. The molecule has 1 fully saturated rings. The summed E-state index contributed by atoms with van der Waals surface area (Å²) in [6.07, 6.45) is 10.6. The summed E-state index contributed by atoms with van der Waals surface area (Å²) in [5, 5.41) is 0. The zero-order valence-electron chi connectivity index (χ0n) is 15.2. The average Bonchev–Trinajstić information content (AvgIpc) is 2.88. The number of hydrogen-bond donors (Lipinski definition) is 0. The van der Waals surface area contributed by atoms with Gasteiger partial charge in [-0.25, -0.2) is 9.97 Å². The van der Waals surface area contributed by atoms with Crippen molar-refractivity contribution in [2.24, 2.45) is 12.5 Å². The van der Waals surface area contributed by atoms with Gasteiger partial charge in [-0.2, -0.15) is 0 Å². The van der Waals surface area contributed by atoms with Crippen LogP contribution in [0.1, 0.15) is 57.7 Å². The molecule has 3 heterocycles. The van der Waals surface area contributed by atoms with Crippen molar-refractivity contribution in [2.45, 2.75) is 64.9 Å². The zero-order valence-corrected chi connectivity index (χ0v) is 15.2. The van der Waals surface area contributed by atoms with Gasteiger partial charge in [-0.15, -0.1) is 0 Å². The average molecular weight is 325 g/mol. The van der Waals surface area contributed by atoms with E-state index in [1.54, 1.807) is 0 Å². The number of aryl methyl sites for hydroxylation is 2. The van der Waals surface area contributed by atoms with Crippen LogP contribution in [0.4, 0.5) is 0 Å². The van der Waals surface area contributed by atoms with E-state index in [4.69, 9.17) is 9.72 Å². The molecule has 0 unspecified atom stereocenters. The van der Waals surface area contributed by atoms with Crippen LogP contribution >= 0.6 is 0 Å². The highest BCUT2D eigenvalue weighted by Crippen LogP contribution is 2.47. The Morgan fingerprint density at radius 1 is 1.25 bits per heavy atom. The zero-order chi connectivity index (χ0) is 16.9. The fraction of sp³-hybridized carbons (Fsp3) is 0.600. The van der Waals surface area contributed by atoms with Crippen molar-refractivity contribution in [3.63, 3.8) is 0 Å². The molecule has 4 nitrogen and oxygen atoms in total. The van der Waals surface area contributed by atoms with Crippen LogP contribution in [0.15, 0.2) is 18.5 Å². The van der Waals surface area contributed by atoms with E-state index in [0.717, 1.165) is 42.2 Å². The molecule has 0 bridgehead atoms. The molecule has 24 heavy (non-hydrogen) atoms. The Morgan fingerprint density at radius 2 is 2.04 bits per heavy atom. The van der Waals surface area contributed by atoms with E-state index in [1.165, 1.54) is 24.8 Å². The molecule has 0 saturated heterocycles. The maximum Gasteiger partial charge on any atom is 0.162 e. The van der Waals surface area contributed by atoms with Crippen molar-refractivity contribution in [3.8, 4) is 17.3 Å². The molecule has 2 aromatic rings. The van der Waals surface area contributed by atoms with Crippen molar-refractivity contribution < 1.29 is 4.74 Å². The number of aromatic nitrogens is 3. The molecule has 0 aromatic carbocycles. The molecule has 1 aliphatic heterocycles. The van der Waals surface area contributed by atoms with Gasteiger partial charge >= 0.3 is 0 Å². The second-order valence-corrected chi connectivity index (χ2v) is 8.69. The van der Waals surface area contributed by atoms with Gasteiger partial charge in [0.2, 0.25) is 0 Å². The molecule has 0 N–H and O–H groups in total. The molecule has 4 heteroatoms. The first-order valence-corrected chi connectivity index (χ1v) is 9.05. The van der Waals surface area contributed by atoms with Gasteiger partial charge in [0.05, 0.1) is 0 Å². The van der Waals surface area contributed by atoms with E-state index in [1.807, 2.05) is 24.0 Å². The van der Waals surface area contributed by atoms with Crippen LogP contribution in [0.25, 0.3) is 11.5 Å². The largest absolute Gasteiger partial charge is 0.485 e. The first-order chi connectivity index (χ1) is 11.4. The summed E-state index contributed by atoms with van der Waals surface area (Å²) in [6, 6.07) is 2.26. The number of hydrogen-bond acceptors (Lipinski definition) is 3. The third-order valence-electron chi connectivity index (χ3n) is 5.28. The maximum atomic E-state index is 6.53. The van der Waals surface area contributed by atoms with Crippen LogP contribution in [0.2, 0.25) is 0 Å². The first-order valence-electron chi connectivity index (χ1n) is 9.05. The van der Waals surface area contributed by atoms with E-state index in [-0.39, 0.29) is 11.0 Å². The monoisotopic (exact) mass is 325 g/mol. The Labute approximate surface area is 144 Å². The predicted molar refractivity (Wildman–Crippen MR) is 95.1 cm³/mol. The van der Waals surface area contributed by atoms with Crippen LogP contribution in [0.5, 0.6) is 5.75 Å². The summed E-state index contributed by atoms with van der Waals surface area (Å²) < 4.78 is 8.57. The van der Waals surface area contributed by atoms with Crippen LogP contribution in [0.3, 0.4) is 0 Å². The van der Waals surface area contributed by atoms with Crippen molar-refractivity contribution >= 4 is 0 Å². The lowest BCUT2D eigenvalue weighted by molar-refractivity contribution is -0.0248. The topological polar surface area (TPSA) is 39.9 Å². The first kappa shape index (κ1) is 15.7. The molecule has 1 aliphatic carbocycles. The SMILES string of the molecule is Cn1ccnc1-c1nc(CC(C)(C)C)cc2c1OC1(CCC1)CC2. The third-order valence-corrected chi connectivity index (χ3v) is 5.28. The number of nitrogens with zero attached hydrogens (tertiary/aromatic N) is 3. The van der Waals surface area contributed by atoms with E-state index >= 15 is 0 Å². The standard InChI is InChI=1S/C20H27N3O/c1-19(2,3)13-15-12-14-6-9-20(7-5-8-20)24-17(14)16(22-15)18-21-10-11-23(18)4/h10-12H,5-9,13H2,1-4H3. The molecule has 4 rings (SSSR count). The summed E-state index contributed by atoms with van der Waals surface area (Å²) in [5.74, 6) is 1.88. The number of imidazole rings is 1. The van der Waals surface area contributed by atoms with Gasteiger partial charge in [-0.1, -0.05) is 20.8 Å². The predicted octanol–water partition coefficient (Wildman–Crippen LogP) is 4.32. The van der Waals surface area contributed by atoms with E-state index in [0.29, 0.717) is 0 Å². The minimum Gasteiger partial charge on any atom is -0.485 e. The molecule has 1 spiro atoms. The van der Waals surface area contributed by atoms with Crippen molar-refractivity contribution in [2.75, 3.05) is 0 Å². The Balaban J connectivity index is 1.82. The van der Waals surface area contributed by atoms with Gasteiger partial charge in [-0.3, -0.25) is 0 Å². The van der Waals surface area contributed by atoms with Gasteiger partial charge in [0.15, 0.2) is 11.6 Å². The van der Waals surface area contributed by atoms with Crippen LogP contribution in [0, 0.1) is 5.41 Å². The summed E-state index contributed by atoms with van der Waals surface area (Å²) in [5.41, 5.74) is 3.66. The lowest BCUT2D eigenvalue weighted by atomic mass is 9.74. The highest BCUT2D eigenvalue weighted by molar-refractivity contribution is 5.64. The highest BCUT2D eigenvalue weighted by Gasteiger charge is 2.43. The lowest BCUT2D eigenvalue weighted by Crippen LogP contribution is -2.46. The minimum atomic E-state index is 0.0696. The van der Waals surface area contributed by atoms with Gasteiger partial charge < -0.3 is 9.30 Å². The quantitative estimate of drug-likeness (QED) is 0.825. The number of ether oxygens (including phenoxy) is 1. The smallest absolute Gasteiger partial charge is 0.162 e. The Hall–Kier alpha value is -1.84. The Kier molecular flexibility index (Phi) is 3.48. The minimum absolute atomic E-state index is 0.0696. The Morgan fingerprint density at radius 3 is 2.62 bits per heavy atom. The van der Waals surface area contributed by atoms with Gasteiger partial charge in [0.25, 0.3) is 0 Å². The lowest BCUT2D eigenvalue weighted by Gasteiger charge is -2.45. The van der Waals surface area contributed by atoms with Gasteiger partial charge in [0, 0.05) is 25.1 Å². The molecule has 2 aromatic heterocycles. The molecule has 128 valence electrons. The number of fused-ring (bicyclic) bond motifs is 1. The van der Waals surface area contributed by atoms with Crippen LogP contribution in [-0.4, -0.2) is 20.1 Å². The van der Waals surface area contributed by atoms with E-state index in [9.17, 15) is 0 Å². The molecular formula is C20H27N3O. The molecule has 0 amide bonds. The number of rotatable bonds is 2. The molecule has 2 aliphatic rings. The van der Waals surface area contributed by atoms with Crippen LogP contribution < -0.4 is 4.74 Å². The van der Waals surface area contributed by atoms with Gasteiger partial charge in [-0.05, 0) is 55.6 Å². The maximum absolute atomic E-state index is 6.53. The summed E-state index contributed by atoms with van der Waals surface area (Å²) in [6.45, 7) is 6.78. The van der Waals surface area contributed by atoms with E-state index in [2.05, 4.69) is 31.8 Å². The second kappa shape index (κ2) is 5.33. The van der Waals surface area contributed by atoms with Crippen molar-refractivity contribution in [1.29, 1.82) is 0 Å². The Bertz CT molecular complexity index is 766. The molecular weight excluding hydrogens is 298 g/mol. The summed E-state index contributed by atoms with van der Waals surface area (Å²) in [4.78, 5) is 9.53. The summed E-state index contributed by atoms with van der Waals surface area (Å²) >= 11 is 0. The second-order valence-electron chi connectivity index (χ2n) is 8.69. The fourth-order valence-corrected chi connectivity index (χ4v) is 3.88. The molecule has 0 atom stereocenters. The van der Waals surface area contributed by atoms with E-state index < -0.39 is 0 Å². The van der Waals surface area contributed by atoms with Crippen molar-refractivity contribution in [1.82, 2.24) is 14.5 Å². The summed E-state index contributed by atoms with van der Waals surface area (Å²) in [7, 11) is 2.02. The number of pyridine rings is 1. The van der Waals surface area contributed by atoms with Crippen LogP contribution in [-0.2, 0) is 19.9 Å².